The van der Waals surface area contributed by atoms with Gasteiger partial charge in [0.1, 0.15) is 11.7 Å². The zero-order valence-electron chi connectivity index (χ0n) is 18.8. The van der Waals surface area contributed by atoms with Crippen molar-refractivity contribution in [3.8, 4) is 0 Å². The van der Waals surface area contributed by atoms with Crippen LogP contribution in [0.2, 0.25) is 0 Å². The minimum atomic E-state index is -1.48. The second-order valence-electron chi connectivity index (χ2n) is 8.92. The van der Waals surface area contributed by atoms with E-state index in [1.165, 1.54) is 17.0 Å². The molecule has 2 bridgehead atoms. The predicted octanol–water partition coefficient (Wildman–Crippen LogP) is 1.75. The summed E-state index contributed by atoms with van der Waals surface area (Å²) in [6.07, 6.45) is 5.38. The first-order chi connectivity index (χ1) is 15.9. The van der Waals surface area contributed by atoms with E-state index in [-0.39, 0.29) is 18.3 Å². The fraction of sp³-hybridized carbons (Fsp3) is 0.542. The van der Waals surface area contributed by atoms with Crippen molar-refractivity contribution in [2.75, 3.05) is 13.6 Å². The normalized spacial score (nSPS) is 25.2. The highest BCUT2D eigenvalue weighted by Crippen LogP contribution is 2.24. The molecule has 1 fully saturated rings. The molecule has 3 amide bonds. The molecular formula is C24H29FN4O4. The highest BCUT2D eigenvalue weighted by atomic mass is 19.1. The van der Waals surface area contributed by atoms with Gasteiger partial charge in [0.15, 0.2) is 6.04 Å². The number of rotatable bonds is 0. The zero-order chi connectivity index (χ0) is 23.5. The van der Waals surface area contributed by atoms with Crippen LogP contribution in [-0.4, -0.2) is 64.8 Å². The maximum Gasteiger partial charge on any atom is 0.298 e. The summed E-state index contributed by atoms with van der Waals surface area (Å²) < 4.78 is 13.8. The number of likely N-dealkylation sites (N-methyl/N-ethyl adjacent to an activating group) is 1. The van der Waals surface area contributed by atoms with Crippen molar-refractivity contribution in [2.45, 2.75) is 70.0 Å². The van der Waals surface area contributed by atoms with E-state index in [4.69, 9.17) is 0 Å². The Morgan fingerprint density at radius 1 is 1.00 bits per heavy atom. The summed E-state index contributed by atoms with van der Waals surface area (Å²) in [6.45, 7) is 0.456. The Morgan fingerprint density at radius 2 is 1.79 bits per heavy atom. The first kappa shape index (κ1) is 23.1. The van der Waals surface area contributed by atoms with E-state index in [2.05, 4.69) is 10.3 Å². The second kappa shape index (κ2) is 9.80. The van der Waals surface area contributed by atoms with Crippen LogP contribution in [0.25, 0.3) is 0 Å². The van der Waals surface area contributed by atoms with Gasteiger partial charge in [-0.3, -0.25) is 24.1 Å². The fourth-order valence-corrected chi connectivity index (χ4v) is 4.78. The van der Waals surface area contributed by atoms with Crippen LogP contribution >= 0.6 is 0 Å². The molecule has 3 aliphatic heterocycles. The quantitative estimate of drug-likeness (QED) is 0.475. The number of aliphatic imine (C=N–C) groups is 1. The number of halogens is 1. The number of aryl methyl sites for hydroxylation is 1. The van der Waals surface area contributed by atoms with Gasteiger partial charge in [0, 0.05) is 26.6 Å². The van der Waals surface area contributed by atoms with Crippen LogP contribution in [0.1, 0.15) is 56.1 Å². The average molecular weight is 457 g/mol. The van der Waals surface area contributed by atoms with E-state index in [0.29, 0.717) is 44.5 Å². The van der Waals surface area contributed by atoms with Crippen molar-refractivity contribution < 1.29 is 23.6 Å². The number of amides is 3. The van der Waals surface area contributed by atoms with Gasteiger partial charge in [-0.15, -0.1) is 0 Å². The molecule has 2 atom stereocenters. The van der Waals surface area contributed by atoms with Gasteiger partial charge in [-0.05, 0) is 61.8 Å². The summed E-state index contributed by atoms with van der Waals surface area (Å²) >= 11 is 0. The molecule has 9 heteroatoms. The van der Waals surface area contributed by atoms with Crippen LogP contribution in [0, 0.1) is 5.82 Å². The number of fused-ring (bicyclic) bond motifs is 2. The van der Waals surface area contributed by atoms with E-state index in [1.54, 1.807) is 18.0 Å². The van der Waals surface area contributed by atoms with Gasteiger partial charge in [0.2, 0.25) is 5.91 Å². The monoisotopic (exact) mass is 456 g/mol. The van der Waals surface area contributed by atoms with Gasteiger partial charge in [-0.2, -0.15) is 0 Å². The maximum absolute atomic E-state index is 13.8. The first-order valence-corrected chi connectivity index (χ1v) is 11.6. The molecule has 1 N–H and O–H groups in total. The molecule has 0 spiro atoms. The molecule has 176 valence electrons. The fourth-order valence-electron chi connectivity index (χ4n) is 4.78. The summed E-state index contributed by atoms with van der Waals surface area (Å²) in [4.78, 5) is 58.8. The summed E-state index contributed by atoms with van der Waals surface area (Å²) in [7, 11) is 1.69. The zero-order valence-corrected chi connectivity index (χ0v) is 18.8. The van der Waals surface area contributed by atoms with Crippen LogP contribution in [0.5, 0.6) is 0 Å². The Morgan fingerprint density at radius 3 is 2.61 bits per heavy atom. The Balaban J connectivity index is 1.70. The number of benzene rings is 1. The molecule has 1 aromatic carbocycles. The number of Topliss-reactive ketones (excluding diaryl/α,β-unsaturated/α-hetero) is 1. The van der Waals surface area contributed by atoms with E-state index in [1.807, 2.05) is 0 Å². The number of hydrogen-bond acceptors (Lipinski definition) is 5. The third-order valence-corrected chi connectivity index (χ3v) is 6.72. The van der Waals surface area contributed by atoms with Crippen molar-refractivity contribution in [1.82, 2.24) is 15.1 Å². The summed E-state index contributed by atoms with van der Waals surface area (Å²) in [5.74, 6) is -2.39. The molecule has 0 radical (unpaired) electrons. The lowest BCUT2D eigenvalue weighted by atomic mass is 9.99. The molecule has 1 saturated heterocycles. The highest BCUT2D eigenvalue weighted by molar-refractivity contribution is 6.46. The molecule has 8 nitrogen and oxygen atoms in total. The first-order valence-electron chi connectivity index (χ1n) is 11.6. The van der Waals surface area contributed by atoms with Crippen LogP contribution in [0.3, 0.4) is 0 Å². The van der Waals surface area contributed by atoms with Gasteiger partial charge in [0.25, 0.3) is 17.6 Å². The lowest BCUT2D eigenvalue weighted by molar-refractivity contribution is -0.146. The smallest absolute Gasteiger partial charge is 0.298 e. The molecule has 0 aromatic heterocycles. The number of carbonyl (C=O) groups excluding carboxylic acids is 4. The Bertz CT molecular complexity index is 1010. The number of nitrogens with zero attached hydrogens (tertiary/aromatic N) is 3. The van der Waals surface area contributed by atoms with Crippen LogP contribution < -0.4 is 5.32 Å². The van der Waals surface area contributed by atoms with E-state index >= 15 is 0 Å². The second-order valence-corrected chi connectivity index (χ2v) is 8.92. The Kier molecular flexibility index (Phi) is 6.85. The van der Waals surface area contributed by atoms with Gasteiger partial charge in [-0.1, -0.05) is 12.5 Å². The third kappa shape index (κ3) is 4.82. The number of amidine groups is 1. The van der Waals surface area contributed by atoms with Crippen molar-refractivity contribution in [3.63, 3.8) is 0 Å². The summed E-state index contributed by atoms with van der Waals surface area (Å²) in [5.41, 5.74) is 1.53. The van der Waals surface area contributed by atoms with Crippen LogP contribution in [-0.2, 0) is 32.1 Å². The lowest BCUT2D eigenvalue weighted by Gasteiger charge is -2.35. The molecular weight excluding hydrogens is 427 g/mol. The molecule has 3 heterocycles. The SMILES string of the molecule is CN1C(=O)CCCCCc2cc(F)ccc2CNC(=O)C2N=C3C1CCCCN3C(=O)C2=O. The van der Waals surface area contributed by atoms with Crippen LogP contribution in [0.4, 0.5) is 4.39 Å². The predicted molar refractivity (Wildman–Crippen MR) is 119 cm³/mol. The third-order valence-electron chi connectivity index (χ3n) is 6.72. The summed E-state index contributed by atoms with van der Waals surface area (Å²) in [5, 5.41) is 2.71. The van der Waals surface area contributed by atoms with Crippen LogP contribution in [0.15, 0.2) is 23.2 Å². The molecule has 0 aliphatic carbocycles. The number of carbonyl (C=O) groups is 4. The average Bonchev–Trinajstić information content (AvgIpc) is 3.01. The molecule has 1 aromatic rings. The van der Waals surface area contributed by atoms with E-state index in [0.717, 1.165) is 30.4 Å². The standard InChI is InChI=1S/C24H29FN4O4/c1-28-18-8-5-6-12-29-22(18)27-20(21(31)24(29)33)23(32)26-14-16-10-11-17(25)13-15(16)7-3-2-4-9-19(28)30/h10-11,13,18,20H,2-9,12,14H2,1H3,(H,26,32). The van der Waals surface area contributed by atoms with Crippen molar-refractivity contribution in [1.29, 1.82) is 0 Å². The van der Waals surface area contributed by atoms with Gasteiger partial charge < -0.3 is 10.2 Å². The minimum Gasteiger partial charge on any atom is -0.350 e. The molecule has 3 aliphatic rings. The minimum absolute atomic E-state index is 0.0616. The maximum atomic E-state index is 13.8. The summed E-state index contributed by atoms with van der Waals surface area (Å²) in [6, 6.07) is 2.47. The molecule has 2 unspecified atom stereocenters. The number of hydrogen-bond donors (Lipinski definition) is 1. The number of nitrogens with one attached hydrogen (secondary N) is 1. The largest absolute Gasteiger partial charge is 0.350 e. The molecule has 33 heavy (non-hydrogen) atoms. The molecule has 4 rings (SSSR count). The van der Waals surface area contributed by atoms with Crippen molar-refractivity contribution in [3.05, 3.63) is 35.1 Å². The Hall–Kier alpha value is -3.10. The van der Waals surface area contributed by atoms with Gasteiger partial charge in [-0.25, -0.2) is 9.38 Å². The topological polar surface area (TPSA) is 99.2 Å². The van der Waals surface area contributed by atoms with Gasteiger partial charge in [0.05, 0.1) is 6.04 Å². The molecule has 0 saturated carbocycles. The highest BCUT2D eigenvalue weighted by Gasteiger charge is 2.44. The van der Waals surface area contributed by atoms with Crippen molar-refractivity contribution >= 4 is 29.3 Å². The van der Waals surface area contributed by atoms with Gasteiger partial charge >= 0.3 is 0 Å². The number of ketones is 1. The van der Waals surface area contributed by atoms with E-state index in [9.17, 15) is 23.6 Å². The Labute approximate surface area is 192 Å². The van der Waals surface area contributed by atoms with Crippen molar-refractivity contribution in [2.24, 2.45) is 4.99 Å². The lowest BCUT2D eigenvalue weighted by Crippen LogP contribution is -2.58. The van der Waals surface area contributed by atoms with E-state index < -0.39 is 29.7 Å².